The Morgan fingerprint density at radius 1 is 0.911 bits per heavy atom. The molecule has 0 saturated carbocycles. The molecule has 0 aromatic carbocycles. The van der Waals surface area contributed by atoms with Crippen molar-refractivity contribution in [3.8, 4) is 0 Å². The topological polar surface area (TPSA) is 309 Å². The molecule has 304 valence electrons. The first-order chi connectivity index (χ1) is 26.3. The first kappa shape index (κ1) is 40.2. The molecular weight excluding hydrogens is 782 g/mol. The standard InChI is InChI=1S/C31H42N10O13P2/c1-12(2)15(42)7-18-35-24-20(27(44)36-18)33-10-40(24)29-14(5)22-16(51-29)8-49-55(6,46)53-23-17(9-50-56(47,48)54-22)52-30(19(23)32)41-11-34-21-25(41)37-31(39-28(21)45)38-26(43)13(3)4/h10-14,16-17,19,22-23,29-30H,7-9,32H2,1-6H3,(H,47,48)(H,35,36,44)(H2,37,38,39,43,45)/t14?,16-,17-,19?,22-,23+,29-,30-,55?/m1/s1. The highest BCUT2D eigenvalue weighted by molar-refractivity contribution is 7.53. The molecule has 3 aliphatic heterocycles. The van der Waals surface area contributed by atoms with E-state index in [1.54, 1.807) is 34.6 Å². The average molecular weight is 825 g/mol. The minimum atomic E-state index is -4.92. The SMILES string of the molecule is CC(C)C(=O)Cc1nc2c(ncn2[C@@H]2O[C@@H]3COP(C)(=O)O[C@@H]4C(N)[C@H](n5cnc6c(=O)[nH]c(NC(=O)C(C)C)nc65)O[C@@H]4COP(=O)(O)O[C@@H]3C2C)c(=O)[nH]1. The van der Waals surface area contributed by atoms with Gasteiger partial charge >= 0.3 is 15.4 Å². The van der Waals surface area contributed by atoms with Crippen molar-refractivity contribution < 1.29 is 51.2 Å². The summed E-state index contributed by atoms with van der Waals surface area (Å²) in [4.78, 5) is 83.6. The maximum absolute atomic E-state index is 13.9. The molecule has 25 heteroatoms. The number of ketones is 1. The van der Waals surface area contributed by atoms with E-state index in [1.165, 1.54) is 28.5 Å². The van der Waals surface area contributed by atoms with Crippen LogP contribution < -0.4 is 22.2 Å². The lowest BCUT2D eigenvalue weighted by Gasteiger charge is -2.29. The van der Waals surface area contributed by atoms with Crippen molar-refractivity contribution in [1.82, 2.24) is 39.0 Å². The second-order valence-electron chi connectivity index (χ2n) is 14.6. The molecule has 56 heavy (non-hydrogen) atoms. The molecule has 0 bridgehead atoms. The van der Waals surface area contributed by atoms with Crippen LogP contribution in [-0.2, 0) is 52.7 Å². The molecule has 3 saturated heterocycles. The number of rotatable bonds is 7. The monoisotopic (exact) mass is 824 g/mol. The van der Waals surface area contributed by atoms with Gasteiger partial charge in [-0.05, 0) is 0 Å². The van der Waals surface area contributed by atoms with Gasteiger partial charge < -0.3 is 34.1 Å². The van der Waals surface area contributed by atoms with E-state index in [2.05, 4.69) is 35.2 Å². The summed E-state index contributed by atoms with van der Waals surface area (Å²) in [5.74, 6) is -2.04. The Morgan fingerprint density at radius 2 is 1.50 bits per heavy atom. The lowest BCUT2D eigenvalue weighted by molar-refractivity contribution is -0.121. The van der Waals surface area contributed by atoms with Crippen molar-refractivity contribution in [2.75, 3.05) is 25.2 Å². The lowest BCUT2D eigenvalue weighted by atomic mass is 10.0. The van der Waals surface area contributed by atoms with Crippen LogP contribution >= 0.6 is 15.4 Å². The molecule has 3 aliphatic rings. The van der Waals surface area contributed by atoms with E-state index in [1.807, 2.05) is 0 Å². The van der Waals surface area contributed by atoms with Gasteiger partial charge in [0.2, 0.25) is 11.9 Å². The van der Waals surface area contributed by atoms with Gasteiger partial charge in [0.15, 0.2) is 28.6 Å². The molecule has 23 nitrogen and oxygen atoms in total. The van der Waals surface area contributed by atoms with E-state index >= 15 is 0 Å². The highest BCUT2D eigenvalue weighted by atomic mass is 31.2. The summed E-state index contributed by atoms with van der Waals surface area (Å²) in [5.41, 5.74) is 5.32. The number of nitrogens with one attached hydrogen (secondary N) is 3. The van der Waals surface area contributed by atoms with Crippen molar-refractivity contribution in [3.05, 3.63) is 39.2 Å². The van der Waals surface area contributed by atoms with Gasteiger partial charge in [0.1, 0.15) is 42.3 Å². The van der Waals surface area contributed by atoms with Gasteiger partial charge in [-0.1, -0.05) is 34.6 Å². The fourth-order valence-corrected chi connectivity index (χ4v) is 8.86. The van der Waals surface area contributed by atoms with E-state index in [0.29, 0.717) is 0 Å². The second-order valence-corrected chi connectivity index (χ2v) is 18.0. The van der Waals surface area contributed by atoms with Crippen LogP contribution in [0.15, 0.2) is 22.2 Å². The van der Waals surface area contributed by atoms with Crippen molar-refractivity contribution in [2.24, 2.45) is 23.5 Å². The predicted octanol–water partition coefficient (Wildman–Crippen LogP) is 1.11. The van der Waals surface area contributed by atoms with Gasteiger partial charge in [-0.25, -0.2) is 19.5 Å². The number of phosphoric acid groups is 1. The van der Waals surface area contributed by atoms with Crippen molar-refractivity contribution in [3.63, 3.8) is 0 Å². The normalized spacial score (nSPS) is 32.7. The third-order valence-corrected chi connectivity index (χ3v) is 11.9. The average Bonchev–Trinajstić information content (AvgIpc) is 3.87. The fraction of sp³-hybridized carbons (Fsp3) is 0.613. The van der Waals surface area contributed by atoms with Crippen LogP contribution in [0.5, 0.6) is 0 Å². The summed E-state index contributed by atoms with van der Waals surface area (Å²) in [6, 6.07) is -1.17. The molecule has 3 fully saturated rings. The molecular formula is C31H42N10O13P2. The minimum Gasteiger partial charge on any atom is -0.349 e. The minimum absolute atomic E-state index is 0.0159. The second kappa shape index (κ2) is 15.1. The molecule has 0 aliphatic carbocycles. The number of ether oxygens (including phenoxy) is 2. The predicted molar refractivity (Wildman–Crippen MR) is 193 cm³/mol. The number of amides is 1. The van der Waals surface area contributed by atoms with Gasteiger partial charge in [0.05, 0.1) is 38.3 Å². The number of hydrogen-bond donors (Lipinski definition) is 5. The van der Waals surface area contributed by atoms with E-state index in [9.17, 15) is 33.2 Å². The maximum atomic E-state index is 13.9. The van der Waals surface area contributed by atoms with Crippen LogP contribution in [0.2, 0.25) is 0 Å². The Kier molecular flexibility index (Phi) is 10.8. The molecule has 7 rings (SSSR count). The van der Waals surface area contributed by atoms with Crippen LogP contribution in [0.3, 0.4) is 0 Å². The van der Waals surface area contributed by atoms with Crippen LogP contribution in [0.4, 0.5) is 5.95 Å². The van der Waals surface area contributed by atoms with Crippen LogP contribution in [0.1, 0.15) is 52.9 Å². The first-order valence-corrected chi connectivity index (χ1v) is 21.2. The molecule has 4 aromatic rings. The molecule has 1 amide bonds. The van der Waals surface area contributed by atoms with Crippen molar-refractivity contribution in [2.45, 2.75) is 84.0 Å². The molecule has 0 radical (unpaired) electrons. The van der Waals surface area contributed by atoms with Crippen molar-refractivity contribution >= 4 is 55.4 Å². The summed E-state index contributed by atoms with van der Waals surface area (Å²) in [5, 5.41) is 2.52. The highest BCUT2D eigenvalue weighted by Crippen LogP contribution is 2.54. The number of hydrogen-bond acceptors (Lipinski definition) is 17. The summed E-state index contributed by atoms with van der Waals surface area (Å²) < 4.78 is 65.4. The zero-order chi connectivity index (χ0) is 40.4. The van der Waals surface area contributed by atoms with Crippen LogP contribution in [0.25, 0.3) is 22.3 Å². The molecule has 4 unspecified atom stereocenters. The van der Waals surface area contributed by atoms with Crippen LogP contribution in [-0.4, -0.2) is 106 Å². The number of aromatic nitrogens is 8. The number of nitrogens with zero attached hydrogens (tertiary/aromatic N) is 6. The van der Waals surface area contributed by atoms with Gasteiger partial charge in [-0.15, -0.1) is 0 Å². The summed E-state index contributed by atoms with van der Waals surface area (Å²) in [6.45, 7) is 8.53. The molecule has 6 N–H and O–H groups in total. The number of phosphoric ester groups is 1. The number of imidazole rings is 2. The van der Waals surface area contributed by atoms with E-state index in [4.69, 9.17) is 33.3 Å². The van der Waals surface area contributed by atoms with Gasteiger partial charge in [-0.3, -0.25) is 52.2 Å². The van der Waals surface area contributed by atoms with Gasteiger partial charge in [0, 0.05) is 24.4 Å². The van der Waals surface area contributed by atoms with Crippen LogP contribution in [0, 0.1) is 17.8 Å². The number of carbonyl (C=O) groups excluding carboxylic acids is 2. The van der Waals surface area contributed by atoms with Gasteiger partial charge in [-0.2, -0.15) is 4.98 Å². The Hall–Kier alpha value is -4.02. The largest absolute Gasteiger partial charge is 0.472 e. The van der Waals surface area contributed by atoms with Crippen molar-refractivity contribution in [1.29, 1.82) is 0 Å². The zero-order valence-electron chi connectivity index (χ0n) is 31.1. The molecule has 7 heterocycles. The Morgan fingerprint density at radius 3 is 2.16 bits per heavy atom. The third-order valence-electron chi connectivity index (χ3n) is 9.69. The molecule has 0 spiro atoms. The number of anilines is 1. The summed E-state index contributed by atoms with van der Waals surface area (Å²) in [6.07, 6.45) is -4.63. The maximum Gasteiger partial charge on any atom is 0.472 e. The van der Waals surface area contributed by atoms with Gasteiger partial charge in [0.25, 0.3) is 11.1 Å². The third kappa shape index (κ3) is 7.80. The summed E-state index contributed by atoms with van der Waals surface area (Å²) >= 11 is 0. The first-order valence-electron chi connectivity index (χ1n) is 17.7. The molecule has 4 aromatic heterocycles. The molecule has 10 atom stereocenters. The number of Topliss-reactive ketones (excluding diaryl/α,β-unsaturated/α-hetero) is 1. The highest BCUT2D eigenvalue weighted by Gasteiger charge is 2.52. The Bertz CT molecular complexity index is 2230. The smallest absolute Gasteiger partial charge is 0.349 e. The van der Waals surface area contributed by atoms with E-state index in [0.717, 1.165) is 0 Å². The lowest BCUT2D eigenvalue weighted by Crippen LogP contribution is -2.42. The Labute approximate surface area is 317 Å². The number of nitrogens with two attached hydrogens (primary N) is 1. The quantitative estimate of drug-likeness (QED) is 0.163. The number of aromatic amines is 2. The number of fused-ring (bicyclic) bond motifs is 4. The summed E-state index contributed by atoms with van der Waals surface area (Å²) in [7, 11) is -8.95. The van der Waals surface area contributed by atoms with E-state index < -0.39 is 100 Å². The number of carbonyl (C=O) groups is 2. The number of H-pyrrole nitrogens is 2. The fourth-order valence-electron chi connectivity index (χ4n) is 6.63. The zero-order valence-corrected chi connectivity index (χ0v) is 32.8. The van der Waals surface area contributed by atoms with E-state index in [-0.39, 0.29) is 52.2 Å². The Balaban J connectivity index is 1.15.